The van der Waals surface area contributed by atoms with Gasteiger partial charge in [-0.3, -0.25) is 9.79 Å². The summed E-state index contributed by atoms with van der Waals surface area (Å²) in [6.45, 7) is 13.3. The SMILES string of the molecule is CN=C(NCC(C)(C)NC(C)c1ccccc1)N(C)CC(=O)NC(C)(C)C. The van der Waals surface area contributed by atoms with Crippen molar-refractivity contribution < 1.29 is 4.79 Å². The third-order valence-electron chi connectivity index (χ3n) is 4.06. The first-order chi connectivity index (χ1) is 12.4. The van der Waals surface area contributed by atoms with Crippen molar-refractivity contribution in [2.24, 2.45) is 4.99 Å². The predicted molar refractivity (Wildman–Crippen MR) is 114 cm³/mol. The molecule has 0 fully saturated rings. The largest absolute Gasteiger partial charge is 0.354 e. The molecule has 3 N–H and O–H groups in total. The van der Waals surface area contributed by atoms with E-state index in [9.17, 15) is 4.79 Å². The molecule has 0 aliphatic heterocycles. The van der Waals surface area contributed by atoms with Crippen LogP contribution < -0.4 is 16.0 Å². The molecule has 0 saturated heterocycles. The van der Waals surface area contributed by atoms with E-state index in [1.54, 1.807) is 7.05 Å². The van der Waals surface area contributed by atoms with Crippen LogP contribution in [0.25, 0.3) is 0 Å². The van der Waals surface area contributed by atoms with Gasteiger partial charge in [0.05, 0.1) is 6.54 Å². The highest BCUT2D eigenvalue weighted by Gasteiger charge is 2.22. The van der Waals surface area contributed by atoms with Gasteiger partial charge in [0.2, 0.25) is 5.91 Å². The van der Waals surface area contributed by atoms with Gasteiger partial charge < -0.3 is 20.9 Å². The van der Waals surface area contributed by atoms with Crippen LogP contribution in [0.2, 0.25) is 0 Å². The lowest BCUT2D eigenvalue weighted by atomic mass is 10.0. The second kappa shape index (κ2) is 9.74. The first-order valence-electron chi connectivity index (χ1n) is 9.49. The van der Waals surface area contributed by atoms with Crippen molar-refractivity contribution in [2.45, 2.75) is 58.7 Å². The molecular weight excluding hydrogens is 338 g/mol. The van der Waals surface area contributed by atoms with Gasteiger partial charge in [-0.2, -0.15) is 0 Å². The van der Waals surface area contributed by atoms with E-state index in [4.69, 9.17) is 0 Å². The first-order valence-corrected chi connectivity index (χ1v) is 9.49. The smallest absolute Gasteiger partial charge is 0.240 e. The van der Waals surface area contributed by atoms with Crippen LogP contribution in [0.3, 0.4) is 0 Å². The average Bonchev–Trinajstić information content (AvgIpc) is 2.53. The molecule has 1 unspecified atom stereocenters. The summed E-state index contributed by atoms with van der Waals surface area (Å²) in [5, 5.41) is 9.99. The molecule has 0 spiro atoms. The highest BCUT2D eigenvalue weighted by Crippen LogP contribution is 2.15. The van der Waals surface area contributed by atoms with Crippen LogP contribution >= 0.6 is 0 Å². The summed E-state index contributed by atoms with van der Waals surface area (Å²) in [6, 6.07) is 10.6. The summed E-state index contributed by atoms with van der Waals surface area (Å²) in [5.74, 6) is 0.671. The lowest BCUT2D eigenvalue weighted by molar-refractivity contribution is -0.122. The van der Waals surface area contributed by atoms with E-state index in [-0.39, 0.29) is 29.6 Å². The number of hydrogen-bond acceptors (Lipinski definition) is 3. The number of amides is 1. The van der Waals surface area contributed by atoms with Gasteiger partial charge in [0.15, 0.2) is 5.96 Å². The topological polar surface area (TPSA) is 68.8 Å². The number of benzene rings is 1. The summed E-state index contributed by atoms with van der Waals surface area (Å²) < 4.78 is 0. The Kier molecular flexibility index (Phi) is 8.28. The zero-order valence-electron chi connectivity index (χ0n) is 18.2. The number of likely N-dealkylation sites (N-methyl/N-ethyl adjacent to an activating group) is 1. The summed E-state index contributed by atoms with van der Waals surface area (Å²) in [5.41, 5.74) is 0.861. The molecule has 0 bridgehead atoms. The molecule has 1 atom stereocenters. The Morgan fingerprint density at radius 3 is 2.26 bits per heavy atom. The van der Waals surface area contributed by atoms with Crippen LogP contribution in [0.4, 0.5) is 0 Å². The molecule has 1 amide bonds. The van der Waals surface area contributed by atoms with Crippen molar-refractivity contribution in [3.8, 4) is 0 Å². The quantitative estimate of drug-likeness (QED) is 0.506. The minimum Gasteiger partial charge on any atom is -0.354 e. The fourth-order valence-corrected chi connectivity index (χ4v) is 2.90. The number of hydrogen-bond donors (Lipinski definition) is 3. The van der Waals surface area contributed by atoms with Gasteiger partial charge in [-0.25, -0.2) is 0 Å². The Morgan fingerprint density at radius 2 is 1.74 bits per heavy atom. The van der Waals surface area contributed by atoms with Crippen molar-refractivity contribution in [2.75, 3.05) is 27.2 Å². The van der Waals surface area contributed by atoms with Crippen LogP contribution in [0.1, 0.15) is 53.1 Å². The first kappa shape index (κ1) is 23.0. The molecule has 1 rings (SSSR count). The maximum absolute atomic E-state index is 12.1. The Labute approximate surface area is 164 Å². The molecule has 1 aromatic rings. The minimum atomic E-state index is -0.242. The fourth-order valence-electron chi connectivity index (χ4n) is 2.90. The van der Waals surface area contributed by atoms with Gasteiger partial charge in [-0.1, -0.05) is 30.3 Å². The van der Waals surface area contributed by atoms with Gasteiger partial charge in [0.1, 0.15) is 0 Å². The van der Waals surface area contributed by atoms with Crippen LogP contribution in [0.5, 0.6) is 0 Å². The van der Waals surface area contributed by atoms with Gasteiger partial charge in [0, 0.05) is 37.8 Å². The molecule has 6 nitrogen and oxygen atoms in total. The van der Waals surface area contributed by atoms with Crippen LogP contribution in [-0.4, -0.2) is 55.0 Å². The van der Waals surface area contributed by atoms with Gasteiger partial charge in [-0.05, 0) is 47.1 Å². The Hall–Kier alpha value is -2.08. The Balaban J connectivity index is 2.58. The van der Waals surface area contributed by atoms with E-state index >= 15 is 0 Å². The normalized spacial score (nSPS) is 13.9. The lowest BCUT2D eigenvalue weighted by Gasteiger charge is -2.33. The standard InChI is InChI=1S/C21H37N5O/c1-16(17-12-10-9-11-13-17)24-21(5,6)15-23-19(22-7)26(8)14-18(27)25-20(2,3)4/h9-13,16,24H,14-15H2,1-8H3,(H,22,23)(H,25,27). The lowest BCUT2D eigenvalue weighted by Crippen LogP contribution is -2.54. The summed E-state index contributed by atoms with van der Waals surface area (Å²) >= 11 is 0. The molecule has 152 valence electrons. The van der Waals surface area contributed by atoms with Crippen molar-refractivity contribution in [3.05, 3.63) is 35.9 Å². The molecule has 1 aromatic carbocycles. The maximum Gasteiger partial charge on any atom is 0.240 e. The molecule has 6 heteroatoms. The second-order valence-corrected chi connectivity index (χ2v) is 8.72. The molecule has 0 aliphatic rings. The second-order valence-electron chi connectivity index (χ2n) is 8.72. The average molecular weight is 376 g/mol. The van der Waals surface area contributed by atoms with Crippen molar-refractivity contribution in [3.63, 3.8) is 0 Å². The molecule has 0 aliphatic carbocycles. The molecule has 0 saturated carbocycles. The number of rotatable bonds is 7. The molecule has 0 aromatic heterocycles. The Bertz CT molecular complexity index is 619. The third kappa shape index (κ3) is 8.91. The number of nitrogens with zero attached hydrogens (tertiary/aromatic N) is 2. The maximum atomic E-state index is 12.1. The fraction of sp³-hybridized carbons (Fsp3) is 0.619. The predicted octanol–water partition coefficient (Wildman–Crippen LogP) is 2.54. The van der Waals surface area contributed by atoms with Crippen LogP contribution in [0, 0.1) is 0 Å². The van der Waals surface area contributed by atoms with Crippen LogP contribution in [0.15, 0.2) is 35.3 Å². The van der Waals surface area contributed by atoms with E-state index in [1.165, 1.54) is 5.56 Å². The molecular formula is C21H37N5O. The van der Waals surface area contributed by atoms with Gasteiger partial charge in [-0.15, -0.1) is 0 Å². The molecule has 0 radical (unpaired) electrons. The zero-order chi connectivity index (χ0) is 20.7. The van der Waals surface area contributed by atoms with E-state index in [0.29, 0.717) is 12.5 Å². The van der Waals surface area contributed by atoms with Crippen molar-refractivity contribution in [1.29, 1.82) is 0 Å². The highest BCUT2D eigenvalue weighted by molar-refractivity contribution is 5.86. The van der Waals surface area contributed by atoms with E-state index in [2.05, 4.69) is 66.0 Å². The Morgan fingerprint density at radius 1 is 1.15 bits per heavy atom. The highest BCUT2D eigenvalue weighted by atomic mass is 16.2. The number of aliphatic imine (C=N–C) groups is 1. The van der Waals surface area contributed by atoms with E-state index < -0.39 is 0 Å². The van der Waals surface area contributed by atoms with E-state index in [0.717, 1.165) is 0 Å². The van der Waals surface area contributed by atoms with E-state index in [1.807, 2.05) is 38.8 Å². The van der Waals surface area contributed by atoms with Gasteiger partial charge >= 0.3 is 0 Å². The monoisotopic (exact) mass is 375 g/mol. The number of nitrogens with one attached hydrogen (secondary N) is 3. The summed E-state index contributed by atoms with van der Waals surface area (Å²) in [6.07, 6.45) is 0. The molecule has 27 heavy (non-hydrogen) atoms. The number of guanidine groups is 1. The van der Waals surface area contributed by atoms with Gasteiger partial charge in [0.25, 0.3) is 0 Å². The van der Waals surface area contributed by atoms with Crippen molar-refractivity contribution in [1.82, 2.24) is 20.9 Å². The van der Waals surface area contributed by atoms with Crippen molar-refractivity contribution >= 4 is 11.9 Å². The minimum absolute atomic E-state index is 0.0250. The summed E-state index contributed by atoms with van der Waals surface area (Å²) in [7, 11) is 3.60. The number of carbonyl (C=O) groups is 1. The summed E-state index contributed by atoms with van der Waals surface area (Å²) in [4.78, 5) is 18.3. The number of carbonyl (C=O) groups excluding carboxylic acids is 1. The molecule has 0 heterocycles. The van der Waals surface area contributed by atoms with Crippen LogP contribution in [-0.2, 0) is 4.79 Å². The third-order valence-corrected chi connectivity index (χ3v) is 4.06. The zero-order valence-corrected chi connectivity index (χ0v) is 18.2.